The number of nitrogens with one attached hydrogen (secondary N) is 1. The molecule has 1 aliphatic heterocycles. The molecule has 0 fully saturated rings. The number of carbonyl (C=O) groups is 1. The molecule has 5 heteroatoms. The van der Waals surface area contributed by atoms with Crippen molar-refractivity contribution in [2.75, 3.05) is 25.5 Å². The van der Waals surface area contributed by atoms with Crippen molar-refractivity contribution >= 4 is 11.7 Å². The second-order valence-corrected chi connectivity index (χ2v) is 7.78. The van der Waals surface area contributed by atoms with Crippen LogP contribution in [0, 0.1) is 0 Å². The van der Waals surface area contributed by atoms with E-state index in [9.17, 15) is 9.90 Å². The lowest BCUT2D eigenvalue weighted by Gasteiger charge is -2.35. The molecular weight excluding hydrogens is 374 g/mol. The molecule has 1 unspecified atom stereocenters. The molecule has 2 heterocycles. The molecule has 0 aliphatic carbocycles. The highest BCUT2D eigenvalue weighted by atomic mass is 16.4. The number of nitrogens with zero attached hydrogens (tertiary/aromatic N) is 2. The van der Waals surface area contributed by atoms with E-state index in [-0.39, 0.29) is 11.6 Å². The summed E-state index contributed by atoms with van der Waals surface area (Å²) in [6.45, 7) is 3.79. The molecule has 0 radical (unpaired) electrons. The van der Waals surface area contributed by atoms with Crippen molar-refractivity contribution in [1.82, 2.24) is 9.88 Å². The van der Waals surface area contributed by atoms with Gasteiger partial charge in [0, 0.05) is 19.3 Å². The Morgan fingerprint density at radius 3 is 2.87 bits per heavy atom. The summed E-state index contributed by atoms with van der Waals surface area (Å²) < 4.78 is 0. The van der Waals surface area contributed by atoms with E-state index in [2.05, 4.69) is 71.6 Å². The number of carboxylic acid groups (broad SMARTS) is 1. The standard InChI is InChI=1S/C25H27N3O2/c1-3-17-6-4-5-7-20(17)18-8-9-21-19(14-18)11-13-28(2)24(21)16-27-23-15-26-12-10-22(23)25(29)30/h4-10,12,14-15,24,27H,3,11,13,16H2,1-2H3,(H,29,30). The summed E-state index contributed by atoms with van der Waals surface area (Å²) in [5.74, 6) is -0.948. The minimum Gasteiger partial charge on any atom is -0.478 e. The number of hydrogen-bond donors (Lipinski definition) is 2. The minimum atomic E-state index is -0.948. The molecule has 0 spiro atoms. The van der Waals surface area contributed by atoms with Crippen LogP contribution >= 0.6 is 0 Å². The van der Waals surface area contributed by atoms with E-state index >= 15 is 0 Å². The van der Waals surface area contributed by atoms with Crippen LogP contribution < -0.4 is 5.32 Å². The summed E-state index contributed by atoms with van der Waals surface area (Å²) in [5.41, 5.74) is 7.40. The van der Waals surface area contributed by atoms with E-state index in [1.807, 2.05) is 0 Å². The Morgan fingerprint density at radius 1 is 1.23 bits per heavy atom. The van der Waals surface area contributed by atoms with Gasteiger partial charge in [-0.1, -0.05) is 49.4 Å². The largest absolute Gasteiger partial charge is 0.478 e. The highest BCUT2D eigenvalue weighted by Gasteiger charge is 2.25. The zero-order valence-electron chi connectivity index (χ0n) is 17.4. The van der Waals surface area contributed by atoms with Gasteiger partial charge in [0.1, 0.15) is 0 Å². The van der Waals surface area contributed by atoms with Gasteiger partial charge < -0.3 is 10.4 Å². The third-order valence-electron chi connectivity index (χ3n) is 6.01. The fourth-order valence-corrected chi connectivity index (χ4v) is 4.31. The molecule has 154 valence electrons. The van der Waals surface area contributed by atoms with E-state index in [1.54, 1.807) is 6.20 Å². The molecular formula is C25H27N3O2. The maximum atomic E-state index is 11.5. The van der Waals surface area contributed by atoms with E-state index < -0.39 is 5.97 Å². The molecule has 4 rings (SSSR count). The maximum Gasteiger partial charge on any atom is 0.337 e. The fraction of sp³-hybridized carbons (Fsp3) is 0.280. The van der Waals surface area contributed by atoms with Crippen LogP contribution in [0.3, 0.4) is 0 Å². The molecule has 0 amide bonds. The third-order valence-corrected chi connectivity index (χ3v) is 6.01. The first kappa shape index (κ1) is 20.1. The fourth-order valence-electron chi connectivity index (χ4n) is 4.31. The van der Waals surface area contributed by atoms with Gasteiger partial charge in [0.25, 0.3) is 0 Å². The molecule has 1 aromatic heterocycles. The van der Waals surface area contributed by atoms with Gasteiger partial charge in [-0.3, -0.25) is 9.88 Å². The Hall–Kier alpha value is -3.18. The number of aromatic carboxylic acids is 1. The topological polar surface area (TPSA) is 65.5 Å². The number of carboxylic acids is 1. The molecule has 0 saturated heterocycles. The van der Waals surface area contributed by atoms with Crippen molar-refractivity contribution in [3.63, 3.8) is 0 Å². The predicted octanol–water partition coefficient (Wildman–Crippen LogP) is 4.65. The summed E-state index contributed by atoms with van der Waals surface area (Å²) in [6, 6.07) is 17.1. The lowest BCUT2D eigenvalue weighted by atomic mass is 9.88. The van der Waals surface area contributed by atoms with E-state index in [0.717, 1.165) is 19.4 Å². The zero-order valence-corrected chi connectivity index (χ0v) is 17.4. The number of rotatable bonds is 6. The van der Waals surface area contributed by atoms with Crippen LogP contribution in [0.25, 0.3) is 11.1 Å². The Labute approximate surface area is 177 Å². The van der Waals surface area contributed by atoms with Gasteiger partial charge in [0.2, 0.25) is 0 Å². The van der Waals surface area contributed by atoms with Gasteiger partial charge in [0.15, 0.2) is 0 Å². The Morgan fingerprint density at radius 2 is 2.07 bits per heavy atom. The third kappa shape index (κ3) is 3.94. The maximum absolute atomic E-state index is 11.5. The number of likely N-dealkylation sites (N-methyl/N-ethyl adjacent to an activating group) is 1. The molecule has 2 N–H and O–H groups in total. The Kier molecular flexibility index (Phi) is 5.81. The second kappa shape index (κ2) is 8.67. The molecule has 0 bridgehead atoms. The van der Waals surface area contributed by atoms with Crippen molar-refractivity contribution in [2.45, 2.75) is 25.8 Å². The second-order valence-electron chi connectivity index (χ2n) is 7.78. The van der Waals surface area contributed by atoms with Crippen molar-refractivity contribution in [1.29, 1.82) is 0 Å². The van der Waals surface area contributed by atoms with E-state index in [1.165, 1.54) is 40.1 Å². The van der Waals surface area contributed by atoms with Crippen LogP contribution in [-0.2, 0) is 12.8 Å². The van der Waals surface area contributed by atoms with Crippen LogP contribution in [0.1, 0.15) is 40.0 Å². The SMILES string of the molecule is CCc1ccccc1-c1ccc2c(c1)CCN(C)C2CNc1cnccc1C(=O)O. The summed E-state index contributed by atoms with van der Waals surface area (Å²) in [6.07, 6.45) is 5.11. The van der Waals surface area contributed by atoms with E-state index in [4.69, 9.17) is 0 Å². The van der Waals surface area contributed by atoms with Crippen LogP contribution in [0.2, 0.25) is 0 Å². The summed E-state index contributed by atoms with van der Waals surface area (Å²) in [5, 5.41) is 12.7. The zero-order chi connectivity index (χ0) is 21.1. The molecule has 1 atom stereocenters. The van der Waals surface area contributed by atoms with Crippen molar-refractivity contribution < 1.29 is 9.90 Å². The van der Waals surface area contributed by atoms with E-state index in [0.29, 0.717) is 12.2 Å². The first-order chi connectivity index (χ1) is 14.6. The molecule has 5 nitrogen and oxygen atoms in total. The van der Waals surface area contributed by atoms with Gasteiger partial charge in [-0.05, 0) is 53.8 Å². The Balaban J connectivity index is 1.61. The highest BCUT2D eigenvalue weighted by Crippen LogP contribution is 2.33. The van der Waals surface area contributed by atoms with Crippen LogP contribution in [0.5, 0.6) is 0 Å². The summed E-state index contributed by atoms with van der Waals surface area (Å²) in [4.78, 5) is 17.9. The van der Waals surface area contributed by atoms with Crippen molar-refractivity contribution in [3.8, 4) is 11.1 Å². The van der Waals surface area contributed by atoms with Crippen LogP contribution in [0.15, 0.2) is 60.9 Å². The van der Waals surface area contributed by atoms with Crippen LogP contribution in [-0.4, -0.2) is 41.1 Å². The average Bonchev–Trinajstić information content (AvgIpc) is 2.78. The number of fused-ring (bicyclic) bond motifs is 1. The van der Waals surface area contributed by atoms with Gasteiger partial charge >= 0.3 is 5.97 Å². The number of pyridine rings is 1. The van der Waals surface area contributed by atoms with Crippen molar-refractivity contribution in [2.24, 2.45) is 0 Å². The molecule has 30 heavy (non-hydrogen) atoms. The molecule has 1 aliphatic rings. The molecule has 2 aromatic carbocycles. The van der Waals surface area contributed by atoms with Crippen LogP contribution in [0.4, 0.5) is 5.69 Å². The van der Waals surface area contributed by atoms with Gasteiger partial charge in [-0.15, -0.1) is 0 Å². The minimum absolute atomic E-state index is 0.172. The van der Waals surface area contributed by atoms with Gasteiger partial charge in [-0.25, -0.2) is 4.79 Å². The lowest BCUT2D eigenvalue weighted by molar-refractivity contribution is 0.0697. The average molecular weight is 402 g/mol. The Bertz CT molecular complexity index is 1060. The number of aromatic nitrogens is 1. The number of aryl methyl sites for hydroxylation is 1. The number of benzene rings is 2. The quantitative estimate of drug-likeness (QED) is 0.629. The monoisotopic (exact) mass is 401 g/mol. The smallest absolute Gasteiger partial charge is 0.337 e. The number of anilines is 1. The number of hydrogen-bond acceptors (Lipinski definition) is 4. The highest BCUT2D eigenvalue weighted by molar-refractivity contribution is 5.93. The first-order valence-corrected chi connectivity index (χ1v) is 10.4. The van der Waals surface area contributed by atoms with Gasteiger partial charge in [0.05, 0.1) is 23.5 Å². The molecule has 3 aromatic rings. The van der Waals surface area contributed by atoms with Crippen molar-refractivity contribution in [3.05, 3.63) is 83.2 Å². The predicted molar refractivity (Wildman–Crippen MR) is 120 cm³/mol. The summed E-state index contributed by atoms with van der Waals surface area (Å²) >= 11 is 0. The molecule has 0 saturated carbocycles. The summed E-state index contributed by atoms with van der Waals surface area (Å²) in [7, 11) is 2.12. The first-order valence-electron chi connectivity index (χ1n) is 10.4. The lowest BCUT2D eigenvalue weighted by Crippen LogP contribution is -2.36. The van der Waals surface area contributed by atoms with Gasteiger partial charge in [-0.2, -0.15) is 0 Å². The normalized spacial score (nSPS) is 16.1.